The molecule has 1 unspecified atom stereocenters. The SMILES string of the molecule is CC(NCc1ccccc1OCC#N)c1nn[nH]n1. The Morgan fingerprint density at radius 3 is 3.05 bits per heavy atom. The van der Waals surface area contributed by atoms with E-state index in [-0.39, 0.29) is 12.6 Å². The summed E-state index contributed by atoms with van der Waals surface area (Å²) in [5.74, 6) is 1.31. The van der Waals surface area contributed by atoms with Gasteiger partial charge < -0.3 is 10.1 Å². The number of hydrogen-bond acceptors (Lipinski definition) is 6. The van der Waals surface area contributed by atoms with Gasteiger partial charge in [-0.1, -0.05) is 23.4 Å². The van der Waals surface area contributed by atoms with Crippen LogP contribution in [0.5, 0.6) is 5.75 Å². The molecule has 0 amide bonds. The lowest BCUT2D eigenvalue weighted by atomic mass is 10.2. The second-order valence-corrected chi connectivity index (χ2v) is 3.93. The van der Waals surface area contributed by atoms with Crippen LogP contribution in [-0.2, 0) is 6.54 Å². The monoisotopic (exact) mass is 258 g/mol. The van der Waals surface area contributed by atoms with E-state index < -0.39 is 0 Å². The van der Waals surface area contributed by atoms with E-state index in [0.29, 0.717) is 18.1 Å². The quantitative estimate of drug-likeness (QED) is 0.800. The van der Waals surface area contributed by atoms with E-state index in [1.54, 1.807) is 0 Å². The molecule has 1 atom stereocenters. The predicted octanol–water partition coefficient (Wildman–Crippen LogP) is 0.953. The first-order valence-corrected chi connectivity index (χ1v) is 5.85. The summed E-state index contributed by atoms with van der Waals surface area (Å²) in [6, 6.07) is 9.52. The Balaban J connectivity index is 1.97. The zero-order valence-electron chi connectivity index (χ0n) is 10.5. The molecule has 98 valence electrons. The van der Waals surface area contributed by atoms with Crippen LogP contribution in [0, 0.1) is 11.3 Å². The topological polar surface area (TPSA) is 99.5 Å². The Labute approximate surface area is 110 Å². The highest BCUT2D eigenvalue weighted by Gasteiger charge is 2.10. The largest absolute Gasteiger partial charge is 0.478 e. The zero-order chi connectivity index (χ0) is 13.5. The number of nitrogens with one attached hydrogen (secondary N) is 2. The van der Waals surface area contributed by atoms with Gasteiger partial charge in [-0.25, -0.2) is 0 Å². The van der Waals surface area contributed by atoms with Gasteiger partial charge in [0, 0.05) is 12.1 Å². The lowest BCUT2D eigenvalue weighted by molar-refractivity contribution is 0.361. The van der Waals surface area contributed by atoms with Crippen molar-refractivity contribution in [3.8, 4) is 11.8 Å². The van der Waals surface area contributed by atoms with E-state index in [4.69, 9.17) is 10.00 Å². The summed E-state index contributed by atoms with van der Waals surface area (Å²) in [6.45, 7) is 2.58. The second-order valence-electron chi connectivity index (χ2n) is 3.93. The molecule has 0 saturated heterocycles. The highest BCUT2D eigenvalue weighted by molar-refractivity contribution is 5.33. The minimum absolute atomic E-state index is 0.0252. The Kier molecular flexibility index (Phi) is 4.42. The first kappa shape index (κ1) is 13.0. The second kappa shape index (κ2) is 6.47. The molecular formula is C12H14N6O. The number of tetrazole rings is 1. The minimum atomic E-state index is -0.0252. The van der Waals surface area contributed by atoms with Crippen LogP contribution in [0.1, 0.15) is 24.4 Å². The molecule has 1 aromatic heterocycles. The van der Waals surface area contributed by atoms with Crippen LogP contribution < -0.4 is 10.1 Å². The number of rotatable bonds is 6. The average molecular weight is 258 g/mol. The van der Waals surface area contributed by atoms with Crippen molar-refractivity contribution >= 4 is 0 Å². The number of para-hydroxylation sites is 1. The van der Waals surface area contributed by atoms with Crippen LogP contribution in [0.15, 0.2) is 24.3 Å². The standard InChI is InChI=1S/C12H14N6O/c1-9(12-15-17-18-16-12)14-8-10-4-2-3-5-11(10)19-7-6-13/h2-5,9,14H,7-8H2,1H3,(H,15,16,17,18). The molecule has 19 heavy (non-hydrogen) atoms. The van der Waals surface area contributed by atoms with Crippen molar-refractivity contribution in [2.24, 2.45) is 0 Å². The van der Waals surface area contributed by atoms with Gasteiger partial charge in [0.2, 0.25) is 0 Å². The molecule has 0 radical (unpaired) electrons. The Morgan fingerprint density at radius 2 is 2.32 bits per heavy atom. The molecule has 0 spiro atoms. The molecule has 7 nitrogen and oxygen atoms in total. The van der Waals surface area contributed by atoms with Gasteiger partial charge >= 0.3 is 0 Å². The van der Waals surface area contributed by atoms with Gasteiger partial charge in [0.05, 0.1) is 6.04 Å². The highest BCUT2D eigenvalue weighted by atomic mass is 16.5. The van der Waals surface area contributed by atoms with Crippen LogP contribution >= 0.6 is 0 Å². The maximum atomic E-state index is 8.54. The number of H-pyrrole nitrogens is 1. The molecule has 1 aromatic carbocycles. The van der Waals surface area contributed by atoms with E-state index in [9.17, 15) is 0 Å². The normalized spacial score (nSPS) is 11.8. The third-order valence-electron chi connectivity index (χ3n) is 2.61. The zero-order valence-corrected chi connectivity index (χ0v) is 10.5. The number of nitrogens with zero attached hydrogens (tertiary/aromatic N) is 4. The number of aromatic amines is 1. The van der Waals surface area contributed by atoms with Crippen LogP contribution in [0.3, 0.4) is 0 Å². The lowest BCUT2D eigenvalue weighted by Gasteiger charge is -2.12. The van der Waals surface area contributed by atoms with Crippen molar-refractivity contribution in [1.82, 2.24) is 25.9 Å². The van der Waals surface area contributed by atoms with Crippen molar-refractivity contribution < 1.29 is 4.74 Å². The number of aromatic nitrogens is 4. The summed E-state index contributed by atoms with van der Waals surface area (Å²) >= 11 is 0. The van der Waals surface area contributed by atoms with E-state index in [0.717, 1.165) is 5.56 Å². The minimum Gasteiger partial charge on any atom is -0.478 e. The molecule has 0 aliphatic rings. The van der Waals surface area contributed by atoms with Gasteiger partial charge in [-0.3, -0.25) is 0 Å². The molecule has 0 fully saturated rings. The van der Waals surface area contributed by atoms with Crippen molar-refractivity contribution in [3.05, 3.63) is 35.7 Å². The molecule has 7 heteroatoms. The summed E-state index contributed by atoms with van der Waals surface area (Å²) in [4.78, 5) is 0. The molecule has 0 saturated carbocycles. The summed E-state index contributed by atoms with van der Waals surface area (Å²) in [6.07, 6.45) is 0. The summed E-state index contributed by atoms with van der Waals surface area (Å²) < 4.78 is 5.36. The predicted molar refractivity (Wildman–Crippen MR) is 67.0 cm³/mol. The Bertz CT molecular complexity index is 548. The molecule has 2 rings (SSSR count). The van der Waals surface area contributed by atoms with Crippen molar-refractivity contribution in [2.75, 3.05) is 6.61 Å². The first-order valence-electron chi connectivity index (χ1n) is 5.85. The number of ether oxygens (including phenoxy) is 1. The summed E-state index contributed by atoms with van der Waals surface area (Å²) in [7, 11) is 0. The Hall–Kier alpha value is -2.46. The Morgan fingerprint density at radius 1 is 1.47 bits per heavy atom. The molecule has 2 N–H and O–H groups in total. The van der Waals surface area contributed by atoms with Gasteiger partial charge in [-0.15, -0.1) is 10.2 Å². The van der Waals surface area contributed by atoms with E-state index in [1.807, 2.05) is 37.3 Å². The molecular weight excluding hydrogens is 244 g/mol. The van der Waals surface area contributed by atoms with Crippen molar-refractivity contribution in [2.45, 2.75) is 19.5 Å². The van der Waals surface area contributed by atoms with E-state index in [1.165, 1.54) is 0 Å². The number of hydrogen-bond donors (Lipinski definition) is 2. The lowest BCUT2D eigenvalue weighted by Crippen LogP contribution is -2.19. The maximum Gasteiger partial charge on any atom is 0.191 e. The van der Waals surface area contributed by atoms with Crippen molar-refractivity contribution in [3.63, 3.8) is 0 Å². The van der Waals surface area contributed by atoms with Crippen LogP contribution in [0.2, 0.25) is 0 Å². The third-order valence-corrected chi connectivity index (χ3v) is 2.61. The van der Waals surface area contributed by atoms with Gasteiger partial charge in [0.25, 0.3) is 0 Å². The van der Waals surface area contributed by atoms with Gasteiger partial charge in [0.15, 0.2) is 12.4 Å². The summed E-state index contributed by atoms with van der Waals surface area (Å²) in [5.41, 5.74) is 0.980. The number of nitriles is 1. The molecule has 0 aliphatic carbocycles. The fourth-order valence-corrected chi connectivity index (χ4v) is 1.61. The smallest absolute Gasteiger partial charge is 0.191 e. The fourth-order valence-electron chi connectivity index (χ4n) is 1.61. The fraction of sp³-hybridized carbons (Fsp3) is 0.333. The molecule has 0 aliphatic heterocycles. The molecule has 2 aromatic rings. The van der Waals surface area contributed by atoms with Crippen LogP contribution in [0.25, 0.3) is 0 Å². The van der Waals surface area contributed by atoms with E-state index in [2.05, 4.69) is 25.9 Å². The van der Waals surface area contributed by atoms with E-state index >= 15 is 0 Å². The van der Waals surface area contributed by atoms with Crippen molar-refractivity contribution in [1.29, 1.82) is 5.26 Å². The van der Waals surface area contributed by atoms with Crippen LogP contribution in [-0.4, -0.2) is 27.2 Å². The van der Waals surface area contributed by atoms with Gasteiger partial charge in [0.1, 0.15) is 11.8 Å². The summed E-state index contributed by atoms with van der Waals surface area (Å²) in [5, 5.41) is 25.6. The average Bonchev–Trinajstić information content (AvgIpc) is 2.97. The van der Waals surface area contributed by atoms with Gasteiger partial charge in [-0.2, -0.15) is 10.5 Å². The molecule has 1 heterocycles. The van der Waals surface area contributed by atoms with Gasteiger partial charge in [-0.05, 0) is 13.0 Å². The van der Waals surface area contributed by atoms with Crippen LogP contribution in [0.4, 0.5) is 0 Å². The molecule has 0 bridgehead atoms. The maximum absolute atomic E-state index is 8.54. The third kappa shape index (κ3) is 3.50. The number of benzene rings is 1. The first-order chi connectivity index (χ1) is 9.31. The highest BCUT2D eigenvalue weighted by Crippen LogP contribution is 2.18.